The Hall–Kier alpha value is -3.43. The molecular weight excluding hydrogens is 338 g/mol. The van der Waals surface area contributed by atoms with Crippen LogP contribution in [-0.4, -0.2) is 15.0 Å². The highest BCUT2D eigenvalue weighted by Crippen LogP contribution is 2.34. The summed E-state index contributed by atoms with van der Waals surface area (Å²) < 4.78 is 5.35. The average molecular weight is 348 g/mol. The first kappa shape index (κ1) is 15.1. The molecule has 25 heavy (non-hydrogen) atoms. The fraction of sp³-hybridized carbons (Fsp3) is 0. The lowest BCUT2D eigenvalue weighted by atomic mass is 10.0. The van der Waals surface area contributed by atoms with Crippen LogP contribution in [-0.2, 0) is 0 Å². The van der Waals surface area contributed by atoms with Crippen molar-refractivity contribution in [1.29, 1.82) is 5.26 Å². The van der Waals surface area contributed by atoms with Gasteiger partial charge in [-0.1, -0.05) is 41.9 Å². The van der Waals surface area contributed by atoms with E-state index in [0.29, 0.717) is 33.1 Å². The number of halogens is 1. The standard InChI is InChI=1S/C18H10ClN5O/c19-12-6-11(7-14-17(12)22-9-25-14)16-15(10-4-2-1-3-5-10)24-18(21)13(8-20)23-16/h1-7,9H,(H2,21,24). The predicted octanol–water partition coefficient (Wildman–Crippen LogP) is 4.06. The van der Waals surface area contributed by atoms with Gasteiger partial charge in [0.15, 0.2) is 23.5 Å². The Balaban J connectivity index is 2.03. The van der Waals surface area contributed by atoms with Gasteiger partial charge in [-0.05, 0) is 12.1 Å². The second kappa shape index (κ2) is 5.89. The number of nitrogens with two attached hydrogens (primary N) is 1. The first-order valence-corrected chi connectivity index (χ1v) is 7.71. The molecular formula is C18H10ClN5O. The number of anilines is 1. The molecule has 2 N–H and O–H groups in total. The molecule has 0 aliphatic rings. The van der Waals surface area contributed by atoms with Crippen LogP contribution in [0.2, 0.25) is 5.02 Å². The normalized spacial score (nSPS) is 10.7. The van der Waals surface area contributed by atoms with Gasteiger partial charge in [0.05, 0.1) is 16.4 Å². The van der Waals surface area contributed by atoms with Crippen molar-refractivity contribution in [1.82, 2.24) is 15.0 Å². The van der Waals surface area contributed by atoms with Crippen molar-refractivity contribution >= 4 is 28.5 Å². The lowest BCUT2D eigenvalue weighted by molar-refractivity contribution is 0.602. The van der Waals surface area contributed by atoms with E-state index >= 15 is 0 Å². The molecule has 0 atom stereocenters. The zero-order valence-electron chi connectivity index (χ0n) is 12.8. The maximum Gasteiger partial charge on any atom is 0.183 e. The van der Waals surface area contributed by atoms with Crippen molar-refractivity contribution in [3.8, 4) is 28.6 Å². The van der Waals surface area contributed by atoms with Gasteiger partial charge in [-0.2, -0.15) is 5.26 Å². The van der Waals surface area contributed by atoms with E-state index in [4.69, 9.17) is 21.8 Å². The Morgan fingerprint density at radius 2 is 1.80 bits per heavy atom. The van der Waals surface area contributed by atoms with Gasteiger partial charge in [0.25, 0.3) is 0 Å². The largest absolute Gasteiger partial charge is 0.443 e. The van der Waals surface area contributed by atoms with Crippen molar-refractivity contribution in [2.24, 2.45) is 0 Å². The molecule has 2 aromatic carbocycles. The number of oxazole rings is 1. The van der Waals surface area contributed by atoms with Crippen LogP contribution in [0.3, 0.4) is 0 Å². The molecule has 0 amide bonds. The second-order valence-corrected chi connectivity index (χ2v) is 5.70. The minimum absolute atomic E-state index is 0.0588. The number of hydrogen-bond acceptors (Lipinski definition) is 6. The number of benzene rings is 2. The van der Waals surface area contributed by atoms with E-state index in [1.54, 1.807) is 12.1 Å². The van der Waals surface area contributed by atoms with Crippen molar-refractivity contribution in [3.63, 3.8) is 0 Å². The van der Waals surface area contributed by atoms with Crippen LogP contribution in [0, 0.1) is 11.3 Å². The van der Waals surface area contributed by atoms with Crippen LogP contribution in [0.1, 0.15) is 5.69 Å². The van der Waals surface area contributed by atoms with E-state index in [9.17, 15) is 5.26 Å². The Bertz CT molecular complexity index is 1130. The minimum atomic E-state index is 0.0588. The summed E-state index contributed by atoms with van der Waals surface area (Å²) in [6, 6.07) is 14.9. The molecule has 6 nitrogen and oxygen atoms in total. The predicted molar refractivity (Wildman–Crippen MR) is 94.6 cm³/mol. The number of aromatic nitrogens is 3. The summed E-state index contributed by atoms with van der Waals surface area (Å²) in [5.74, 6) is 0.0805. The molecule has 0 saturated heterocycles. The second-order valence-electron chi connectivity index (χ2n) is 5.29. The van der Waals surface area contributed by atoms with Crippen molar-refractivity contribution in [3.05, 3.63) is 59.6 Å². The Kier molecular flexibility index (Phi) is 3.56. The molecule has 2 aromatic heterocycles. The molecule has 120 valence electrons. The van der Waals surface area contributed by atoms with E-state index in [1.165, 1.54) is 6.39 Å². The molecule has 0 fully saturated rings. The Labute approximate surface area is 147 Å². The fourth-order valence-corrected chi connectivity index (χ4v) is 2.85. The maximum atomic E-state index is 9.26. The number of rotatable bonds is 2. The number of nitriles is 1. The third-order valence-electron chi connectivity index (χ3n) is 3.74. The first-order valence-electron chi connectivity index (χ1n) is 7.33. The monoisotopic (exact) mass is 347 g/mol. The van der Waals surface area contributed by atoms with E-state index in [0.717, 1.165) is 5.56 Å². The van der Waals surface area contributed by atoms with Gasteiger partial charge in [-0.15, -0.1) is 0 Å². The number of fused-ring (bicyclic) bond motifs is 1. The number of hydrogen-bond donors (Lipinski definition) is 1. The van der Waals surface area contributed by atoms with Gasteiger partial charge in [-0.25, -0.2) is 15.0 Å². The molecule has 4 aromatic rings. The maximum absolute atomic E-state index is 9.26. The SMILES string of the molecule is N#Cc1nc(-c2cc(Cl)c3ncoc3c2)c(-c2ccccc2)nc1N. The molecule has 0 bridgehead atoms. The lowest BCUT2D eigenvalue weighted by Crippen LogP contribution is -2.03. The zero-order valence-corrected chi connectivity index (χ0v) is 13.5. The summed E-state index contributed by atoms with van der Waals surface area (Å²) >= 11 is 6.30. The van der Waals surface area contributed by atoms with E-state index in [1.807, 2.05) is 36.4 Å². The Morgan fingerprint density at radius 3 is 2.56 bits per heavy atom. The highest BCUT2D eigenvalue weighted by Gasteiger charge is 2.17. The van der Waals surface area contributed by atoms with Gasteiger partial charge < -0.3 is 10.2 Å². The summed E-state index contributed by atoms with van der Waals surface area (Å²) in [5, 5.41) is 9.69. The highest BCUT2D eigenvalue weighted by atomic mass is 35.5. The van der Waals surface area contributed by atoms with Gasteiger partial charge in [-0.3, -0.25) is 0 Å². The first-order chi connectivity index (χ1) is 12.2. The summed E-state index contributed by atoms with van der Waals surface area (Å²) in [6.07, 6.45) is 1.33. The van der Waals surface area contributed by atoms with Gasteiger partial charge in [0.2, 0.25) is 0 Å². The molecule has 0 aliphatic carbocycles. The van der Waals surface area contributed by atoms with Crippen molar-refractivity contribution in [2.75, 3.05) is 5.73 Å². The quantitative estimate of drug-likeness (QED) is 0.586. The summed E-state index contributed by atoms with van der Waals surface area (Å²) in [7, 11) is 0. The fourth-order valence-electron chi connectivity index (χ4n) is 2.59. The molecule has 2 heterocycles. The smallest absolute Gasteiger partial charge is 0.183 e. The number of nitrogens with zero attached hydrogens (tertiary/aromatic N) is 4. The average Bonchev–Trinajstić information content (AvgIpc) is 3.11. The molecule has 0 radical (unpaired) electrons. The number of nitrogen functional groups attached to an aromatic ring is 1. The topological polar surface area (TPSA) is 102 Å². The molecule has 0 unspecified atom stereocenters. The minimum Gasteiger partial charge on any atom is -0.443 e. The molecule has 0 spiro atoms. The van der Waals surface area contributed by atoms with Crippen molar-refractivity contribution in [2.45, 2.75) is 0 Å². The third kappa shape index (κ3) is 2.57. The molecule has 0 aliphatic heterocycles. The summed E-state index contributed by atoms with van der Waals surface area (Å²) in [5.41, 5.74) is 9.57. The van der Waals surface area contributed by atoms with Crippen LogP contribution in [0.5, 0.6) is 0 Å². The lowest BCUT2D eigenvalue weighted by Gasteiger charge is -2.10. The van der Waals surface area contributed by atoms with Crippen LogP contribution in [0.25, 0.3) is 33.6 Å². The zero-order chi connectivity index (χ0) is 17.4. The van der Waals surface area contributed by atoms with Crippen molar-refractivity contribution < 1.29 is 4.42 Å². The summed E-state index contributed by atoms with van der Waals surface area (Å²) in [4.78, 5) is 12.9. The highest BCUT2D eigenvalue weighted by molar-refractivity contribution is 6.35. The summed E-state index contributed by atoms with van der Waals surface area (Å²) in [6.45, 7) is 0. The van der Waals surface area contributed by atoms with Crippen LogP contribution >= 0.6 is 11.6 Å². The Morgan fingerprint density at radius 1 is 1.04 bits per heavy atom. The van der Waals surface area contributed by atoms with Gasteiger partial charge in [0, 0.05) is 11.1 Å². The third-order valence-corrected chi connectivity index (χ3v) is 4.03. The molecule has 7 heteroatoms. The van der Waals surface area contributed by atoms with Crippen LogP contribution in [0.15, 0.2) is 53.3 Å². The molecule has 0 saturated carbocycles. The van der Waals surface area contributed by atoms with E-state index in [-0.39, 0.29) is 11.5 Å². The van der Waals surface area contributed by atoms with E-state index in [2.05, 4.69) is 15.0 Å². The van der Waals surface area contributed by atoms with Crippen LogP contribution in [0.4, 0.5) is 5.82 Å². The van der Waals surface area contributed by atoms with Crippen LogP contribution < -0.4 is 5.73 Å². The van der Waals surface area contributed by atoms with E-state index < -0.39 is 0 Å². The van der Waals surface area contributed by atoms with Gasteiger partial charge in [0.1, 0.15) is 11.6 Å². The van der Waals surface area contributed by atoms with Gasteiger partial charge >= 0.3 is 0 Å². The molecule has 4 rings (SSSR count).